The third-order valence-corrected chi connectivity index (χ3v) is 3.54. The molecule has 1 saturated carbocycles. The van der Waals surface area contributed by atoms with Crippen LogP contribution in [0.1, 0.15) is 26.2 Å². The van der Waals surface area contributed by atoms with Crippen molar-refractivity contribution in [2.24, 2.45) is 16.6 Å². The Kier molecular flexibility index (Phi) is 4.24. The molecule has 0 heterocycles. The number of rotatable bonds is 2. The molecule has 0 radical (unpaired) electrons. The molecule has 98 valence electrons. The standard InChI is InChI=1S/C15H16ClN3/c1-2-14(18)13-7-6-10(9-17)15(13)19-12-5-3-4-11(16)8-12/h3-5,8,10H,2,6-7,18H2,1H3/b14-13-,19-15?. The van der Waals surface area contributed by atoms with Gasteiger partial charge in [-0.2, -0.15) is 5.26 Å². The van der Waals surface area contributed by atoms with Crippen molar-refractivity contribution in [3.8, 4) is 6.07 Å². The molecule has 0 amide bonds. The van der Waals surface area contributed by atoms with Crippen LogP contribution in [0.4, 0.5) is 5.69 Å². The van der Waals surface area contributed by atoms with Crippen LogP contribution in [-0.2, 0) is 0 Å². The van der Waals surface area contributed by atoms with Crippen LogP contribution in [0.5, 0.6) is 0 Å². The van der Waals surface area contributed by atoms with Crippen LogP contribution in [0.2, 0.25) is 5.02 Å². The van der Waals surface area contributed by atoms with E-state index in [1.54, 1.807) is 12.1 Å². The van der Waals surface area contributed by atoms with Crippen molar-refractivity contribution >= 4 is 23.0 Å². The highest BCUT2D eigenvalue weighted by molar-refractivity contribution is 6.30. The van der Waals surface area contributed by atoms with E-state index in [2.05, 4.69) is 11.1 Å². The van der Waals surface area contributed by atoms with Gasteiger partial charge in [0.25, 0.3) is 0 Å². The number of nitrogens with zero attached hydrogens (tertiary/aromatic N) is 2. The highest BCUT2D eigenvalue weighted by atomic mass is 35.5. The van der Waals surface area contributed by atoms with E-state index in [0.717, 1.165) is 41.9 Å². The van der Waals surface area contributed by atoms with Crippen molar-refractivity contribution in [2.45, 2.75) is 26.2 Å². The fourth-order valence-corrected chi connectivity index (χ4v) is 2.44. The predicted octanol–water partition coefficient (Wildman–Crippen LogP) is 3.97. The van der Waals surface area contributed by atoms with Gasteiger partial charge < -0.3 is 5.73 Å². The maximum Gasteiger partial charge on any atom is 0.0891 e. The summed E-state index contributed by atoms with van der Waals surface area (Å²) in [5.41, 5.74) is 9.48. The zero-order chi connectivity index (χ0) is 13.8. The summed E-state index contributed by atoms with van der Waals surface area (Å²) in [6, 6.07) is 9.63. The molecule has 0 saturated heterocycles. The molecule has 2 rings (SSSR count). The minimum absolute atomic E-state index is 0.168. The fourth-order valence-electron chi connectivity index (χ4n) is 2.26. The Morgan fingerprint density at radius 2 is 2.37 bits per heavy atom. The van der Waals surface area contributed by atoms with E-state index >= 15 is 0 Å². The van der Waals surface area contributed by atoms with Gasteiger partial charge in [-0.3, -0.25) is 4.99 Å². The van der Waals surface area contributed by atoms with Gasteiger partial charge in [0.2, 0.25) is 0 Å². The molecule has 1 aromatic rings. The first-order valence-corrected chi connectivity index (χ1v) is 6.75. The number of hydrogen-bond donors (Lipinski definition) is 1. The van der Waals surface area contributed by atoms with E-state index in [4.69, 9.17) is 17.3 Å². The quantitative estimate of drug-likeness (QED) is 0.886. The summed E-state index contributed by atoms with van der Waals surface area (Å²) in [7, 11) is 0. The Morgan fingerprint density at radius 1 is 1.58 bits per heavy atom. The van der Waals surface area contributed by atoms with E-state index < -0.39 is 0 Å². The number of benzene rings is 1. The molecule has 0 spiro atoms. The molecule has 0 aliphatic heterocycles. The molecule has 1 unspecified atom stereocenters. The second-order valence-corrected chi connectivity index (χ2v) is 4.99. The van der Waals surface area contributed by atoms with Crippen LogP contribution in [-0.4, -0.2) is 5.71 Å². The van der Waals surface area contributed by atoms with Crippen molar-refractivity contribution in [3.63, 3.8) is 0 Å². The summed E-state index contributed by atoms with van der Waals surface area (Å²) in [5, 5.41) is 9.86. The predicted molar refractivity (Wildman–Crippen MR) is 78.4 cm³/mol. The largest absolute Gasteiger partial charge is 0.402 e. The van der Waals surface area contributed by atoms with E-state index in [-0.39, 0.29) is 5.92 Å². The van der Waals surface area contributed by atoms with E-state index in [0.29, 0.717) is 5.02 Å². The van der Waals surface area contributed by atoms with Crippen LogP contribution < -0.4 is 5.73 Å². The number of nitrogens with two attached hydrogens (primary N) is 1. The number of halogens is 1. The summed E-state index contributed by atoms with van der Waals surface area (Å²) < 4.78 is 0. The SMILES string of the molecule is CC/C(N)=C1\CCC(C#N)C1=Nc1cccc(Cl)c1. The lowest BCUT2D eigenvalue weighted by atomic mass is 10.0. The van der Waals surface area contributed by atoms with Gasteiger partial charge in [0.1, 0.15) is 0 Å². The zero-order valence-electron chi connectivity index (χ0n) is 10.9. The third kappa shape index (κ3) is 2.97. The minimum Gasteiger partial charge on any atom is -0.402 e. The van der Waals surface area contributed by atoms with E-state index in [1.165, 1.54) is 0 Å². The first-order chi connectivity index (χ1) is 9.15. The molecule has 4 heteroatoms. The highest BCUT2D eigenvalue weighted by Crippen LogP contribution is 2.32. The monoisotopic (exact) mass is 273 g/mol. The lowest BCUT2D eigenvalue weighted by Gasteiger charge is -2.07. The molecule has 19 heavy (non-hydrogen) atoms. The average molecular weight is 274 g/mol. The van der Waals surface area contributed by atoms with Crippen molar-refractivity contribution in [1.29, 1.82) is 5.26 Å². The van der Waals surface area contributed by atoms with Gasteiger partial charge >= 0.3 is 0 Å². The Morgan fingerprint density at radius 3 is 3.00 bits per heavy atom. The van der Waals surface area contributed by atoms with Gasteiger partial charge in [-0.1, -0.05) is 24.6 Å². The van der Waals surface area contributed by atoms with Crippen LogP contribution >= 0.6 is 11.6 Å². The van der Waals surface area contributed by atoms with E-state index in [1.807, 2.05) is 19.1 Å². The Balaban J connectivity index is 2.46. The normalized spacial score (nSPS) is 23.4. The molecule has 1 fully saturated rings. The maximum absolute atomic E-state index is 9.22. The second kappa shape index (κ2) is 5.90. The van der Waals surface area contributed by atoms with Crippen LogP contribution in [0.15, 0.2) is 40.5 Å². The van der Waals surface area contributed by atoms with Gasteiger partial charge in [0.15, 0.2) is 0 Å². The van der Waals surface area contributed by atoms with Crippen molar-refractivity contribution in [1.82, 2.24) is 0 Å². The zero-order valence-corrected chi connectivity index (χ0v) is 11.6. The van der Waals surface area contributed by atoms with Crippen molar-refractivity contribution < 1.29 is 0 Å². The summed E-state index contributed by atoms with van der Waals surface area (Å²) in [6.45, 7) is 2.01. The summed E-state index contributed by atoms with van der Waals surface area (Å²) in [6.07, 6.45) is 2.41. The molecule has 1 aliphatic rings. The summed E-state index contributed by atoms with van der Waals surface area (Å²) in [5.74, 6) is -0.168. The minimum atomic E-state index is -0.168. The number of allylic oxidation sites excluding steroid dienone is 2. The highest BCUT2D eigenvalue weighted by Gasteiger charge is 2.28. The Labute approximate surface area is 118 Å². The van der Waals surface area contributed by atoms with Gasteiger partial charge in [-0.05, 0) is 43.0 Å². The third-order valence-electron chi connectivity index (χ3n) is 3.30. The van der Waals surface area contributed by atoms with E-state index in [9.17, 15) is 5.26 Å². The molecule has 1 aromatic carbocycles. The topological polar surface area (TPSA) is 62.2 Å². The molecule has 1 atom stereocenters. The van der Waals surface area contributed by atoms with Crippen LogP contribution in [0, 0.1) is 17.2 Å². The van der Waals surface area contributed by atoms with Gasteiger partial charge in [-0.15, -0.1) is 0 Å². The summed E-state index contributed by atoms with van der Waals surface area (Å²) in [4.78, 5) is 4.59. The van der Waals surface area contributed by atoms with Gasteiger partial charge in [-0.25, -0.2) is 0 Å². The average Bonchev–Trinajstić information content (AvgIpc) is 2.80. The number of nitriles is 1. The Bertz CT molecular complexity index is 581. The second-order valence-electron chi connectivity index (χ2n) is 4.55. The van der Waals surface area contributed by atoms with Crippen LogP contribution in [0.25, 0.3) is 0 Å². The molecule has 3 nitrogen and oxygen atoms in total. The molecule has 0 bridgehead atoms. The first-order valence-electron chi connectivity index (χ1n) is 6.37. The van der Waals surface area contributed by atoms with Crippen molar-refractivity contribution in [2.75, 3.05) is 0 Å². The first kappa shape index (κ1) is 13.6. The number of aliphatic imine (C=N–C) groups is 1. The summed E-state index contributed by atoms with van der Waals surface area (Å²) >= 11 is 5.96. The van der Waals surface area contributed by atoms with Crippen molar-refractivity contribution in [3.05, 3.63) is 40.6 Å². The van der Waals surface area contributed by atoms with Gasteiger partial charge in [0.05, 0.1) is 23.4 Å². The van der Waals surface area contributed by atoms with Crippen LogP contribution in [0.3, 0.4) is 0 Å². The molecule has 2 N–H and O–H groups in total. The fraction of sp³-hybridized carbons (Fsp3) is 0.333. The maximum atomic E-state index is 9.22. The smallest absolute Gasteiger partial charge is 0.0891 e. The Hall–Kier alpha value is -1.79. The molecule has 0 aromatic heterocycles. The lowest BCUT2D eigenvalue weighted by Crippen LogP contribution is -2.10. The molecular formula is C15H16ClN3. The molecular weight excluding hydrogens is 258 g/mol. The lowest BCUT2D eigenvalue weighted by molar-refractivity contribution is 0.816. The number of hydrogen-bond acceptors (Lipinski definition) is 3. The molecule has 1 aliphatic carbocycles. The van der Waals surface area contributed by atoms with Gasteiger partial charge in [0, 0.05) is 10.7 Å².